The molecule has 0 saturated heterocycles. The first-order chi connectivity index (χ1) is 12.6. The van der Waals surface area contributed by atoms with Crippen molar-refractivity contribution < 1.29 is 9.59 Å². The monoisotopic (exact) mass is 364 g/mol. The molecule has 0 atom stereocenters. The molecule has 26 heavy (non-hydrogen) atoms. The lowest BCUT2D eigenvalue weighted by Crippen LogP contribution is -2.19. The van der Waals surface area contributed by atoms with Crippen LogP contribution in [-0.4, -0.2) is 16.7 Å². The minimum atomic E-state index is -0.166. The summed E-state index contributed by atoms with van der Waals surface area (Å²) in [7, 11) is 0. The SMILES string of the molecule is Nc1nc(Nc2ccccc2)sc1C(=O)c1ccc2c(c1)CCC(=O)N2. The quantitative estimate of drug-likeness (QED) is 0.615. The van der Waals surface area contributed by atoms with Crippen molar-refractivity contribution in [1.29, 1.82) is 0 Å². The third kappa shape index (κ3) is 3.16. The van der Waals surface area contributed by atoms with Gasteiger partial charge in [0.15, 0.2) is 5.13 Å². The molecule has 1 aromatic heterocycles. The van der Waals surface area contributed by atoms with Crippen molar-refractivity contribution in [3.63, 3.8) is 0 Å². The summed E-state index contributed by atoms with van der Waals surface area (Å²) in [4.78, 5) is 29.0. The minimum absolute atomic E-state index is 0.0000871. The van der Waals surface area contributed by atoms with Gasteiger partial charge in [-0.2, -0.15) is 0 Å². The van der Waals surface area contributed by atoms with Gasteiger partial charge < -0.3 is 16.4 Å². The lowest BCUT2D eigenvalue weighted by molar-refractivity contribution is -0.116. The van der Waals surface area contributed by atoms with Crippen molar-refractivity contribution in [3.05, 3.63) is 64.5 Å². The molecule has 0 aliphatic carbocycles. The van der Waals surface area contributed by atoms with E-state index in [1.807, 2.05) is 36.4 Å². The van der Waals surface area contributed by atoms with Gasteiger partial charge in [0.25, 0.3) is 0 Å². The number of rotatable bonds is 4. The first kappa shape index (κ1) is 16.3. The topological polar surface area (TPSA) is 97.1 Å². The van der Waals surface area contributed by atoms with E-state index in [1.54, 1.807) is 12.1 Å². The third-order valence-electron chi connectivity index (χ3n) is 4.15. The molecule has 0 unspecified atom stereocenters. The van der Waals surface area contributed by atoms with Crippen LogP contribution in [-0.2, 0) is 11.2 Å². The van der Waals surface area contributed by atoms with E-state index in [0.717, 1.165) is 16.9 Å². The number of benzene rings is 2. The average molecular weight is 364 g/mol. The molecule has 7 heteroatoms. The lowest BCUT2D eigenvalue weighted by Gasteiger charge is -2.17. The normalized spacial score (nSPS) is 13.0. The van der Waals surface area contributed by atoms with E-state index >= 15 is 0 Å². The highest BCUT2D eigenvalue weighted by atomic mass is 32.1. The number of amides is 1. The van der Waals surface area contributed by atoms with Crippen LogP contribution in [0.2, 0.25) is 0 Å². The Kier molecular flexibility index (Phi) is 4.14. The summed E-state index contributed by atoms with van der Waals surface area (Å²) in [5, 5.41) is 6.54. The zero-order chi connectivity index (χ0) is 18.1. The zero-order valence-corrected chi connectivity index (χ0v) is 14.6. The summed E-state index contributed by atoms with van der Waals surface area (Å²) in [6.07, 6.45) is 1.06. The number of carbonyl (C=O) groups is 2. The maximum Gasteiger partial charge on any atom is 0.224 e. The van der Waals surface area contributed by atoms with Gasteiger partial charge in [0.2, 0.25) is 11.7 Å². The number of aromatic nitrogens is 1. The number of hydrogen-bond acceptors (Lipinski definition) is 6. The summed E-state index contributed by atoms with van der Waals surface area (Å²) in [5.74, 6) is 0.0465. The molecule has 0 spiro atoms. The molecule has 6 nitrogen and oxygen atoms in total. The van der Waals surface area contributed by atoms with Gasteiger partial charge in [-0.3, -0.25) is 9.59 Å². The fourth-order valence-electron chi connectivity index (χ4n) is 2.85. The van der Waals surface area contributed by atoms with Crippen LogP contribution >= 0.6 is 11.3 Å². The van der Waals surface area contributed by atoms with Crippen molar-refractivity contribution in [2.24, 2.45) is 0 Å². The smallest absolute Gasteiger partial charge is 0.224 e. The van der Waals surface area contributed by atoms with E-state index in [-0.39, 0.29) is 17.5 Å². The van der Waals surface area contributed by atoms with Crippen LogP contribution in [0.1, 0.15) is 27.2 Å². The van der Waals surface area contributed by atoms with Crippen LogP contribution in [0.25, 0.3) is 0 Å². The highest BCUT2D eigenvalue weighted by molar-refractivity contribution is 7.18. The molecule has 3 aromatic rings. The number of hydrogen-bond donors (Lipinski definition) is 3. The molecule has 0 radical (unpaired) electrons. The van der Waals surface area contributed by atoms with Crippen LogP contribution in [0.15, 0.2) is 48.5 Å². The van der Waals surface area contributed by atoms with Gasteiger partial charge >= 0.3 is 0 Å². The van der Waals surface area contributed by atoms with E-state index in [2.05, 4.69) is 15.6 Å². The van der Waals surface area contributed by atoms with Crippen molar-refractivity contribution in [3.8, 4) is 0 Å². The number of aryl methyl sites for hydroxylation is 1. The number of nitrogens with zero attached hydrogens (tertiary/aromatic N) is 1. The molecule has 2 aromatic carbocycles. The number of carbonyl (C=O) groups excluding carboxylic acids is 2. The Bertz CT molecular complexity index is 998. The summed E-state index contributed by atoms with van der Waals surface area (Å²) in [5.41, 5.74) is 9.12. The third-order valence-corrected chi connectivity index (χ3v) is 5.13. The van der Waals surface area contributed by atoms with Crippen molar-refractivity contribution in [2.45, 2.75) is 12.8 Å². The largest absolute Gasteiger partial charge is 0.382 e. The van der Waals surface area contributed by atoms with Crippen molar-refractivity contribution in [1.82, 2.24) is 4.98 Å². The summed E-state index contributed by atoms with van der Waals surface area (Å²) in [6.45, 7) is 0. The molecular weight excluding hydrogens is 348 g/mol. The second-order valence-corrected chi connectivity index (χ2v) is 6.97. The predicted molar refractivity (Wildman–Crippen MR) is 103 cm³/mol. The minimum Gasteiger partial charge on any atom is -0.382 e. The first-order valence-corrected chi connectivity index (χ1v) is 8.97. The Balaban J connectivity index is 1.60. The number of nitrogens with one attached hydrogen (secondary N) is 2. The molecule has 0 bridgehead atoms. The van der Waals surface area contributed by atoms with E-state index in [9.17, 15) is 9.59 Å². The molecule has 1 amide bonds. The van der Waals surface area contributed by atoms with Gasteiger partial charge in [-0.25, -0.2) is 4.98 Å². The number of para-hydroxylation sites is 1. The molecule has 130 valence electrons. The molecule has 1 aliphatic rings. The van der Waals surface area contributed by atoms with Gasteiger partial charge in [-0.1, -0.05) is 29.5 Å². The van der Waals surface area contributed by atoms with E-state index in [1.165, 1.54) is 11.3 Å². The van der Waals surface area contributed by atoms with E-state index in [4.69, 9.17) is 5.73 Å². The second kappa shape index (κ2) is 6.61. The number of thiazole rings is 1. The predicted octanol–water partition coefficient (Wildman–Crippen LogP) is 3.58. The Labute approximate surface area is 154 Å². The van der Waals surface area contributed by atoms with Gasteiger partial charge in [-0.15, -0.1) is 0 Å². The van der Waals surface area contributed by atoms with Crippen LogP contribution in [0, 0.1) is 0 Å². The van der Waals surface area contributed by atoms with Gasteiger partial charge in [0.05, 0.1) is 0 Å². The molecule has 4 rings (SSSR count). The summed E-state index contributed by atoms with van der Waals surface area (Å²) >= 11 is 1.23. The number of anilines is 4. The number of nitrogens with two attached hydrogens (primary N) is 1. The van der Waals surface area contributed by atoms with Gasteiger partial charge in [0.1, 0.15) is 10.7 Å². The molecular formula is C19H16N4O2S. The van der Waals surface area contributed by atoms with Crippen molar-refractivity contribution >= 4 is 45.4 Å². The van der Waals surface area contributed by atoms with Crippen LogP contribution in [0.4, 0.5) is 22.3 Å². The van der Waals surface area contributed by atoms with Crippen LogP contribution < -0.4 is 16.4 Å². The fourth-order valence-corrected chi connectivity index (χ4v) is 3.72. The maximum atomic E-state index is 12.9. The summed E-state index contributed by atoms with van der Waals surface area (Å²) < 4.78 is 0. The van der Waals surface area contributed by atoms with Crippen LogP contribution in [0.3, 0.4) is 0 Å². The van der Waals surface area contributed by atoms with Crippen LogP contribution in [0.5, 0.6) is 0 Å². The molecule has 4 N–H and O–H groups in total. The fraction of sp³-hybridized carbons (Fsp3) is 0.105. The Morgan fingerprint density at radius 1 is 1.15 bits per heavy atom. The van der Waals surface area contributed by atoms with E-state index < -0.39 is 0 Å². The molecule has 1 aliphatic heterocycles. The average Bonchev–Trinajstić information content (AvgIpc) is 3.01. The maximum absolute atomic E-state index is 12.9. The first-order valence-electron chi connectivity index (χ1n) is 8.16. The molecule has 0 fully saturated rings. The zero-order valence-electron chi connectivity index (χ0n) is 13.8. The number of fused-ring (bicyclic) bond motifs is 1. The van der Waals surface area contributed by atoms with Crippen molar-refractivity contribution in [2.75, 3.05) is 16.4 Å². The highest BCUT2D eigenvalue weighted by Crippen LogP contribution is 2.31. The lowest BCUT2D eigenvalue weighted by atomic mass is 9.98. The number of nitrogen functional groups attached to an aromatic ring is 1. The number of ketones is 1. The standard InChI is InChI=1S/C19H16N4O2S/c20-18-17(26-19(23-18)21-13-4-2-1-3-5-13)16(25)12-6-8-14-11(10-12)7-9-15(24)22-14/h1-6,8,10H,7,9,20H2,(H,21,23)(H,22,24). The second-order valence-electron chi connectivity index (χ2n) is 5.97. The summed E-state index contributed by atoms with van der Waals surface area (Å²) in [6, 6.07) is 14.9. The Morgan fingerprint density at radius 2 is 1.96 bits per heavy atom. The van der Waals surface area contributed by atoms with E-state index in [0.29, 0.717) is 28.4 Å². The molecule has 2 heterocycles. The highest BCUT2D eigenvalue weighted by Gasteiger charge is 2.21. The Hall–Kier alpha value is -3.19. The van der Waals surface area contributed by atoms with Gasteiger partial charge in [0, 0.05) is 23.4 Å². The van der Waals surface area contributed by atoms with Gasteiger partial charge in [-0.05, 0) is 42.3 Å². The molecule has 0 saturated carbocycles. The Morgan fingerprint density at radius 3 is 2.77 bits per heavy atom.